The zero-order chi connectivity index (χ0) is 14.7. The van der Waals surface area contributed by atoms with Crippen molar-refractivity contribution in [3.63, 3.8) is 0 Å². The van der Waals surface area contributed by atoms with Gasteiger partial charge in [0.2, 0.25) is 5.89 Å². The molecule has 0 amide bonds. The Morgan fingerprint density at radius 1 is 1.33 bits per heavy atom. The third kappa shape index (κ3) is 3.77. The van der Waals surface area contributed by atoms with Crippen LogP contribution in [0.2, 0.25) is 0 Å². The molecule has 21 heavy (non-hydrogen) atoms. The van der Waals surface area contributed by atoms with E-state index < -0.39 is 0 Å². The van der Waals surface area contributed by atoms with E-state index in [9.17, 15) is 0 Å². The molecule has 0 bridgehead atoms. The summed E-state index contributed by atoms with van der Waals surface area (Å²) in [5.74, 6) is 4.26. The van der Waals surface area contributed by atoms with Crippen LogP contribution in [0, 0.1) is 0 Å². The minimum Gasteiger partial charge on any atom is -0.370 e. The monoisotopic (exact) mass is 287 g/mol. The number of aromatic nitrogens is 4. The van der Waals surface area contributed by atoms with Crippen LogP contribution in [0.1, 0.15) is 62.5 Å². The molecule has 0 aromatic carbocycles. The molecule has 0 saturated heterocycles. The van der Waals surface area contributed by atoms with Gasteiger partial charge in [0.15, 0.2) is 5.82 Å². The van der Waals surface area contributed by atoms with Crippen molar-refractivity contribution in [1.82, 2.24) is 20.1 Å². The molecular formula is C15H21N5O. The van der Waals surface area contributed by atoms with E-state index in [1.165, 1.54) is 12.8 Å². The van der Waals surface area contributed by atoms with Gasteiger partial charge in [-0.3, -0.25) is 0 Å². The number of aryl methyl sites for hydroxylation is 1. The molecule has 2 heterocycles. The highest BCUT2D eigenvalue weighted by molar-refractivity contribution is 5.33. The van der Waals surface area contributed by atoms with Crippen LogP contribution in [0.5, 0.6) is 0 Å². The predicted octanol–water partition coefficient (Wildman–Crippen LogP) is 2.91. The van der Waals surface area contributed by atoms with Crippen molar-refractivity contribution in [3.8, 4) is 0 Å². The molecule has 6 heteroatoms. The summed E-state index contributed by atoms with van der Waals surface area (Å²) >= 11 is 0. The second-order valence-corrected chi connectivity index (χ2v) is 5.81. The maximum Gasteiger partial charge on any atom is 0.226 e. The maximum absolute atomic E-state index is 5.22. The number of anilines is 1. The zero-order valence-corrected chi connectivity index (χ0v) is 12.5. The van der Waals surface area contributed by atoms with Crippen LogP contribution in [0.3, 0.4) is 0 Å². The van der Waals surface area contributed by atoms with E-state index in [0.29, 0.717) is 17.7 Å². The molecule has 1 N–H and O–H groups in total. The summed E-state index contributed by atoms with van der Waals surface area (Å²) in [6.45, 7) is 4.95. The summed E-state index contributed by atoms with van der Waals surface area (Å²) in [7, 11) is 0. The molecule has 0 aliphatic heterocycles. The SMILES string of the molecule is CC(C)c1noc(CCCNc2ccnc(C3CC3)n2)n1. The van der Waals surface area contributed by atoms with E-state index in [1.54, 1.807) is 0 Å². The Balaban J connectivity index is 1.44. The fraction of sp³-hybridized carbons (Fsp3) is 0.600. The topological polar surface area (TPSA) is 76.7 Å². The summed E-state index contributed by atoms with van der Waals surface area (Å²) < 4.78 is 5.22. The number of hydrogen-bond donors (Lipinski definition) is 1. The fourth-order valence-electron chi connectivity index (χ4n) is 2.07. The smallest absolute Gasteiger partial charge is 0.226 e. The van der Waals surface area contributed by atoms with Crippen molar-refractivity contribution in [2.75, 3.05) is 11.9 Å². The first-order valence-corrected chi connectivity index (χ1v) is 7.61. The fourth-order valence-corrected chi connectivity index (χ4v) is 2.07. The van der Waals surface area contributed by atoms with E-state index in [2.05, 4.69) is 39.3 Å². The summed E-state index contributed by atoms with van der Waals surface area (Å²) in [5.41, 5.74) is 0. The minimum absolute atomic E-state index is 0.308. The molecule has 6 nitrogen and oxygen atoms in total. The first kappa shape index (κ1) is 14.0. The molecule has 0 unspecified atom stereocenters. The number of hydrogen-bond acceptors (Lipinski definition) is 6. The van der Waals surface area contributed by atoms with Crippen LogP contribution in [0.4, 0.5) is 5.82 Å². The Kier molecular flexibility index (Phi) is 4.13. The third-order valence-corrected chi connectivity index (χ3v) is 3.49. The second-order valence-electron chi connectivity index (χ2n) is 5.81. The lowest BCUT2D eigenvalue weighted by Crippen LogP contribution is -2.06. The summed E-state index contributed by atoms with van der Waals surface area (Å²) in [4.78, 5) is 13.2. The van der Waals surface area contributed by atoms with Gasteiger partial charge in [0.1, 0.15) is 11.6 Å². The van der Waals surface area contributed by atoms with Crippen LogP contribution in [0.25, 0.3) is 0 Å². The summed E-state index contributed by atoms with van der Waals surface area (Å²) in [6, 6.07) is 1.91. The molecule has 1 saturated carbocycles. The Labute approximate surface area is 124 Å². The van der Waals surface area contributed by atoms with Gasteiger partial charge in [-0.1, -0.05) is 19.0 Å². The molecule has 2 aromatic heterocycles. The van der Waals surface area contributed by atoms with Gasteiger partial charge >= 0.3 is 0 Å². The number of rotatable bonds is 7. The standard InChI is InChI=1S/C15H21N5O/c1-10(2)14-19-13(21-20-14)4-3-8-16-12-7-9-17-15(18-12)11-5-6-11/h7,9-11H,3-6,8H2,1-2H3,(H,16,17,18). The van der Waals surface area contributed by atoms with Crippen molar-refractivity contribution in [1.29, 1.82) is 0 Å². The van der Waals surface area contributed by atoms with E-state index in [1.807, 2.05) is 12.3 Å². The van der Waals surface area contributed by atoms with Crippen molar-refractivity contribution in [3.05, 3.63) is 29.8 Å². The van der Waals surface area contributed by atoms with Crippen LogP contribution >= 0.6 is 0 Å². The highest BCUT2D eigenvalue weighted by Gasteiger charge is 2.26. The average molecular weight is 287 g/mol. The van der Waals surface area contributed by atoms with E-state index in [4.69, 9.17) is 4.52 Å². The lowest BCUT2D eigenvalue weighted by atomic mass is 10.2. The first-order valence-electron chi connectivity index (χ1n) is 7.61. The molecule has 0 spiro atoms. The second kappa shape index (κ2) is 6.20. The van der Waals surface area contributed by atoms with Crippen LogP contribution in [-0.4, -0.2) is 26.7 Å². The minimum atomic E-state index is 0.308. The molecule has 1 aliphatic carbocycles. The van der Waals surface area contributed by atoms with Gasteiger partial charge in [-0.15, -0.1) is 0 Å². The van der Waals surface area contributed by atoms with E-state index >= 15 is 0 Å². The van der Waals surface area contributed by atoms with Gasteiger partial charge in [0.05, 0.1) is 0 Å². The van der Waals surface area contributed by atoms with Gasteiger partial charge in [0, 0.05) is 31.0 Å². The molecule has 0 radical (unpaired) electrons. The Morgan fingerprint density at radius 2 is 2.19 bits per heavy atom. The zero-order valence-electron chi connectivity index (χ0n) is 12.5. The van der Waals surface area contributed by atoms with Gasteiger partial charge in [-0.25, -0.2) is 9.97 Å². The lowest BCUT2D eigenvalue weighted by molar-refractivity contribution is 0.369. The summed E-state index contributed by atoms with van der Waals surface area (Å²) in [5, 5.41) is 7.29. The average Bonchev–Trinajstić information content (AvgIpc) is 3.23. The van der Waals surface area contributed by atoms with Crippen LogP contribution in [0.15, 0.2) is 16.8 Å². The third-order valence-electron chi connectivity index (χ3n) is 3.49. The molecular weight excluding hydrogens is 266 g/mol. The first-order chi connectivity index (χ1) is 10.2. The Morgan fingerprint density at radius 3 is 2.90 bits per heavy atom. The van der Waals surface area contributed by atoms with Gasteiger partial charge < -0.3 is 9.84 Å². The highest BCUT2D eigenvalue weighted by atomic mass is 16.5. The molecule has 112 valence electrons. The molecule has 2 aromatic rings. The van der Waals surface area contributed by atoms with Crippen molar-refractivity contribution < 1.29 is 4.52 Å². The number of nitrogens with zero attached hydrogens (tertiary/aromatic N) is 4. The highest BCUT2D eigenvalue weighted by Crippen LogP contribution is 2.37. The Bertz CT molecular complexity index is 591. The molecule has 1 fully saturated rings. The Hall–Kier alpha value is -1.98. The van der Waals surface area contributed by atoms with Crippen LogP contribution < -0.4 is 5.32 Å². The van der Waals surface area contributed by atoms with Gasteiger partial charge in [-0.05, 0) is 25.3 Å². The molecule has 3 rings (SSSR count). The lowest BCUT2D eigenvalue weighted by Gasteiger charge is -2.05. The van der Waals surface area contributed by atoms with E-state index in [0.717, 1.165) is 36.9 Å². The van der Waals surface area contributed by atoms with Crippen LogP contribution in [-0.2, 0) is 6.42 Å². The van der Waals surface area contributed by atoms with Crippen molar-refractivity contribution in [2.24, 2.45) is 0 Å². The molecule has 0 atom stereocenters. The van der Waals surface area contributed by atoms with Gasteiger partial charge in [0.25, 0.3) is 0 Å². The van der Waals surface area contributed by atoms with E-state index in [-0.39, 0.29) is 0 Å². The quantitative estimate of drug-likeness (QED) is 0.789. The maximum atomic E-state index is 5.22. The molecule has 1 aliphatic rings. The van der Waals surface area contributed by atoms with Crippen molar-refractivity contribution >= 4 is 5.82 Å². The van der Waals surface area contributed by atoms with Gasteiger partial charge in [-0.2, -0.15) is 4.98 Å². The normalized spacial score (nSPS) is 14.6. The summed E-state index contributed by atoms with van der Waals surface area (Å²) in [6.07, 6.45) is 5.99. The largest absolute Gasteiger partial charge is 0.370 e. The van der Waals surface area contributed by atoms with Crippen molar-refractivity contribution in [2.45, 2.75) is 51.4 Å². The number of nitrogens with one attached hydrogen (secondary N) is 1. The predicted molar refractivity (Wildman–Crippen MR) is 79.2 cm³/mol.